The van der Waals surface area contributed by atoms with Crippen molar-refractivity contribution in [3.63, 3.8) is 0 Å². The molecule has 17 heavy (non-hydrogen) atoms. The van der Waals surface area contributed by atoms with Gasteiger partial charge >= 0.3 is 6.09 Å². The third kappa shape index (κ3) is 2.97. The fourth-order valence-corrected chi connectivity index (χ4v) is 2.28. The van der Waals surface area contributed by atoms with E-state index in [9.17, 15) is 9.59 Å². The van der Waals surface area contributed by atoms with Gasteiger partial charge in [0.25, 0.3) is 5.91 Å². The monoisotopic (exact) mass is 254 g/mol. The number of nitrogens with zero attached hydrogens (tertiary/aromatic N) is 1. The second kappa shape index (κ2) is 5.18. The average molecular weight is 254 g/mol. The maximum Gasteiger partial charge on any atom is 0.409 e. The van der Waals surface area contributed by atoms with E-state index in [0.717, 1.165) is 0 Å². The Morgan fingerprint density at radius 2 is 2.53 bits per heavy atom. The average Bonchev–Trinajstić information content (AvgIpc) is 2.90. The zero-order valence-electron chi connectivity index (χ0n) is 9.51. The number of carbonyl (C=O) groups is 2. The van der Waals surface area contributed by atoms with Crippen LogP contribution in [0.5, 0.6) is 0 Å². The van der Waals surface area contributed by atoms with Crippen LogP contribution in [0.1, 0.15) is 16.1 Å². The van der Waals surface area contributed by atoms with Gasteiger partial charge in [-0.15, -0.1) is 11.3 Å². The SMILES string of the molecule is CN1CC(CCNC(=O)c2cccs2)OC1=O. The van der Waals surface area contributed by atoms with E-state index >= 15 is 0 Å². The number of amides is 2. The molecule has 1 unspecified atom stereocenters. The number of nitrogens with one attached hydrogen (secondary N) is 1. The van der Waals surface area contributed by atoms with Crippen LogP contribution in [0.25, 0.3) is 0 Å². The lowest BCUT2D eigenvalue weighted by molar-refractivity contribution is 0.0948. The summed E-state index contributed by atoms with van der Waals surface area (Å²) in [5, 5.41) is 4.67. The fourth-order valence-electron chi connectivity index (χ4n) is 1.64. The lowest BCUT2D eigenvalue weighted by Crippen LogP contribution is -2.27. The van der Waals surface area contributed by atoms with E-state index in [1.807, 2.05) is 11.4 Å². The van der Waals surface area contributed by atoms with Gasteiger partial charge in [0.2, 0.25) is 0 Å². The quantitative estimate of drug-likeness (QED) is 0.881. The van der Waals surface area contributed by atoms with Crippen LogP contribution < -0.4 is 5.32 Å². The van der Waals surface area contributed by atoms with Crippen molar-refractivity contribution in [3.8, 4) is 0 Å². The summed E-state index contributed by atoms with van der Waals surface area (Å²) in [5.74, 6) is -0.0716. The number of hydrogen-bond acceptors (Lipinski definition) is 4. The molecule has 0 radical (unpaired) electrons. The first kappa shape index (κ1) is 11.9. The Morgan fingerprint density at radius 3 is 3.12 bits per heavy atom. The fraction of sp³-hybridized carbons (Fsp3) is 0.455. The molecule has 0 spiro atoms. The molecular weight excluding hydrogens is 240 g/mol. The Hall–Kier alpha value is -1.56. The summed E-state index contributed by atoms with van der Waals surface area (Å²) in [6, 6.07) is 3.62. The number of likely N-dealkylation sites (N-methyl/N-ethyl adjacent to an activating group) is 1. The van der Waals surface area contributed by atoms with E-state index in [1.54, 1.807) is 13.1 Å². The van der Waals surface area contributed by atoms with Gasteiger partial charge in [0.15, 0.2) is 0 Å². The molecule has 1 atom stereocenters. The summed E-state index contributed by atoms with van der Waals surface area (Å²) >= 11 is 1.41. The minimum atomic E-state index is -0.292. The van der Waals surface area contributed by atoms with Crippen molar-refractivity contribution in [1.29, 1.82) is 0 Å². The van der Waals surface area contributed by atoms with Crippen LogP contribution in [-0.4, -0.2) is 43.1 Å². The molecular formula is C11H14N2O3S. The minimum absolute atomic E-state index is 0.0716. The van der Waals surface area contributed by atoms with Gasteiger partial charge in [-0.1, -0.05) is 6.07 Å². The van der Waals surface area contributed by atoms with Crippen molar-refractivity contribution < 1.29 is 14.3 Å². The molecule has 0 aromatic carbocycles. The number of ether oxygens (including phenoxy) is 1. The highest BCUT2D eigenvalue weighted by Gasteiger charge is 2.27. The lowest BCUT2D eigenvalue weighted by atomic mass is 10.2. The highest BCUT2D eigenvalue weighted by atomic mass is 32.1. The number of cyclic esters (lactones) is 1. The molecule has 1 saturated heterocycles. The van der Waals surface area contributed by atoms with Gasteiger partial charge in [-0.05, 0) is 11.4 Å². The first-order valence-corrected chi connectivity index (χ1v) is 6.28. The summed E-state index contributed by atoms with van der Waals surface area (Å²) in [6.07, 6.45) is 0.239. The number of rotatable bonds is 4. The van der Waals surface area contributed by atoms with E-state index in [1.165, 1.54) is 16.2 Å². The minimum Gasteiger partial charge on any atom is -0.444 e. The topological polar surface area (TPSA) is 58.6 Å². The third-order valence-electron chi connectivity index (χ3n) is 2.55. The smallest absolute Gasteiger partial charge is 0.409 e. The number of hydrogen-bond donors (Lipinski definition) is 1. The van der Waals surface area contributed by atoms with E-state index in [-0.39, 0.29) is 18.1 Å². The normalized spacial score (nSPS) is 19.2. The number of thiophene rings is 1. The van der Waals surface area contributed by atoms with Gasteiger partial charge in [-0.2, -0.15) is 0 Å². The summed E-state index contributed by atoms with van der Waals surface area (Å²) in [7, 11) is 1.70. The Kier molecular flexibility index (Phi) is 3.63. The first-order chi connectivity index (χ1) is 8.16. The van der Waals surface area contributed by atoms with Gasteiger partial charge in [-0.25, -0.2) is 4.79 Å². The van der Waals surface area contributed by atoms with Crippen LogP contribution in [0, 0.1) is 0 Å². The molecule has 1 aromatic rings. The maximum atomic E-state index is 11.6. The molecule has 1 aliphatic heterocycles. The Bertz CT molecular complexity index is 405. The second-order valence-corrected chi connectivity index (χ2v) is 4.86. The van der Waals surface area contributed by atoms with Crippen LogP contribution >= 0.6 is 11.3 Å². The van der Waals surface area contributed by atoms with E-state index < -0.39 is 0 Å². The first-order valence-electron chi connectivity index (χ1n) is 5.40. The predicted molar refractivity (Wildman–Crippen MR) is 64.2 cm³/mol. The van der Waals surface area contributed by atoms with E-state index in [4.69, 9.17) is 4.74 Å². The van der Waals surface area contributed by atoms with Crippen molar-refractivity contribution in [2.75, 3.05) is 20.1 Å². The lowest BCUT2D eigenvalue weighted by Gasteiger charge is -2.08. The molecule has 1 aliphatic rings. The highest BCUT2D eigenvalue weighted by molar-refractivity contribution is 7.12. The van der Waals surface area contributed by atoms with Crippen LogP contribution in [0.4, 0.5) is 4.79 Å². The second-order valence-electron chi connectivity index (χ2n) is 3.91. The Balaban J connectivity index is 1.70. The molecule has 0 bridgehead atoms. The summed E-state index contributed by atoms with van der Waals surface area (Å²) in [4.78, 5) is 24.9. The predicted octanol–water partition coefficient (Wildman–Crippen LogP) is 1.32. The van der Waals surface area contributed by atoms with Crippen molar-refractivity contribution in [2.45, 2.75) is 12.5 Å². The molecule has 0 saturated carbocycles. The van der Waals surface area contributed by atoms with Gasteiger partial charge in [0.05, 0.1) is 11.4 Å². The van der Waals surface area contributed by atoms with Crippen molar-refractivity contribution in [2.24, 2.45) is 0 Å². The van der Waals surface area contributed by atoms with Gasteiger partial charge in [0, 0.05) is 20.0 Å². The largest absolute Gasteiger partial charge is 0.444 e. The van der Waals surface area contributed by atoms with Gasteiger partial charge in [-0.3, -0.25) is 4.79 Å². The summed E-state index contributed by atoms with van der Waals surface area (Å²) < 4.78 is 5.08. The molecule has 0 aliphatic carbocycles. The van der Waals surface area contributed by atoms with Crippen LogP contribution in [0.15, 0.2) is 17.5 Å². The molecule has 92 valence electrons. The van der Waals surface area contributed by atoms with Crippen LogP contribution in [0.2, 0.25) is 0 Å². The van der Waals surface area contributed by atoms with Crippen LogP contribution in [-0.2, 0) is 4.74 Å². The van der Waals surface area contributed by atoms with E-state index in [2.05, 4.69) is 5.32 Å². The third-order valence-corrected chi connectivity index (χ3v) is 3.42. The molecule has 1 fully saturated rings. The zero-order valence-corrected chi connectivity index (χ0v) is 10.3. The molecule has 1 aromatic heterocycles. The van der Waals surface area contributed by atoms with Crippen molar-refractivity contribution in [1.82, 2.24) is 10.2 Å². The molecule has 2 rings (SSSR count). The number of carbonyl (C=O) groups excluding carboxylic acids is 2. The standard InChI is InChI=1S/C11H14N2O3S/c1-13-7-8(16-11(13)15)4-5-12-10(14)9-3-2-6-17-9/h2-3,6,8H,4-5,7H2,1H3,(H,12,14). The highest BCUT2D eigenvalue weighted by Crippen LogP contribution is 2.12. The van der Waals surface area contributed by atoms with Crippen LogP contribution in [0.3, 0.4) is 0 Å². The molecule has 1 N–H and O–H groups in total. The summed E-state index contributed by atoms with van der Waals surface area (Å²) in [6.45, 7) is 1.11. The Labute approximate surface area is 103 Å². The maximum absolute atomic E-state index is 11.6. The molecule has 2 heterocycles. The van der Waals surface area contributed by atoms with Crippen molar-refractivity contribution >= 4 is 23.3 Å². The molecule has 2 amide bonds. The molecule has 5 nitrogen and oxygen atoms in total. The summed E-state index contributed by atoms with van der Waals surface area (Å²) in [5.41, 5.74) is 0. The van der Waals surface area contributed by atoms with Gasteiger partial charge < -0.3 is 15.0 Å². The zero-order chi connectivity index (χ0) is 12.3. The van der Waals surface area contributed by atoms with E-state index in [0.29, 0.717) is 24.4 Å². The van der Waals surface area contributed by atoms with Gasteiger partial charge in [0.1, 0.15) is 6.10 Å². The molecule has 6 heteroatoms. The Morgan fingerprint density at radius 1 is 1.71 bits per heavy atom. The van der Waals surface area contributed by atoms with Crippen molar-refractivity contribution in [3.05, 3.63) is 22.4 Å².